The molecule has 29 heteroatoms. The molecule has 0 aromatic rings. The summed E-state index contributed by atoms with van der Waals surface area (Å²) in [7, 11) is -23.9. The van der Waals surface area contributed by atoms with Crippen LogP contribution in [-0.4, -0.2) is 97.7 Å². The molecule has 442 valence electrons. The molecule has 1 aliphatic rings. The second-order valence-corrected chi connectivity index (χ2v) is 22.7. The van der Waals surface area contributed by atoms with Crippen molar-refractivity contribution < 1.29 is 104 Å². The summed E-state index contributed by atoms with van der Waals surface area (Å²) < 4.78 is 81.1. The Labute approximate surface area is 438 Å². The van der Waals surface area contributed by atoms with Crippen LogP contribution in [0.25, 0.3) is 0 Å². The highest BCUT2D eigenvalue weighted by atomic mass is 31.2. The highest BCUT2D eigenvalue weighted by molar-refractivity contribution is 7.47. The number of quaternary nitrogens is 3. The maximum absolute atomic E-state index is 13.2. The van der Waals surface area contributed by atoms with Crippen molar-refractivity contribution in [3.05, 3.63) is 24.3 Å². The van der Waals surface area contributed by atoms with Crippen molar-refractivity contribution in [2.24, 2.45) is 0 Å². The first kappa shape index (κ1) is 76.9. The first-order valence-corrected chi connectivity index (χ1v) is 31.3. The molecule has 1 aliphatic carbocycles. The number of carbonyl (C=O) groups excluding carboxylic acids is 2. The summed E-state index contributed by atoms with van der Waals surface area (Å²) in [6, 6.07) is 0. The molecule has 0 saturated heterocycles. The summed E-state index contributed by atoms with van der Waals surface area (Å²) in [6.45, 7) is 2.69. The van der Waals surface area contributed by atoms with Gasteiger partial charge in [0.25, 0.3) is 23.5 Å². The largest absolute Gasteiger partial charge is 0.756 e. The first-order valence-electron chi connectivity index (χ1n) is 25.3. The molecule has 0 amide bonds. The Bertz CT molecular complexity index is 1660. The van der Waals surface area contributed by atoms with Crippen molar-refractivity contribution in [3.63, 3.8) is 0 Å². The van der Waals surface area contributed by atoms with Gasteiger partial charge in [0.05, 0.1) is 6.61 Å². The van der Waals surface area contributed by atoms with E-state index >= 15 is 0 Å². The molecule has 0 bridgehead atoms. The SMILES string of the molecule is CCCCCCCC/C=C\CCCCCCCC(=O)OC[C@H](COP(=O)(O)OC1[C@H](O)[C@H](OP(=O)([O-])O)C(OP(=O)([O-])O)[C@H](OP(=O)([O-])O)[C@H]1O)OC(=O)CCCCCCC/C=C\CCCCCCCC.[NH4+].[NH4+].[NH4+]. The van der Waals surface area contributed by atoms with Gasteiger partial charge >= 0.3 is 19.8 Å². The van der Waals surface area contributed by atoms with E-state index in [0.717, 1.165) is 70.6 Å². The van der Waals surface area contributed by atoms with Crippen LogP contribution in [0.4, 0.5) is 0 Å². The van der Waals surface area contributed by atoms with Crippen LogP contribution < -0.4 is 33.1 Å². The number of aliphatic hydroxyl groups is 2. The van der Waals surface area contributed by atoms with Gasteiger partial charge in [-0.3, -0.25) is 32.3 Å². The lowest BCUT2D eigenvalue weighted by Gasteiger charge is -2.48. The number of ether oxygens (including phenoxy) is 2. The van der Waals surface area contributed by atoms with E-state index in [4.69, 9.17) is 18.5 Å². The van der Waals surface area contributed by atoms with Crippen LogP contribution in [0.15, 0.2) is 24.3 Å². The number of hydrogen-bond acceptors (Lipinski definition) is 18. The number of rotatable bonds is 44. The number of carbonyl (C=O) groups is 2. The smallest absolute Gasteiger partial charge is 0.472 e. The lowest BCUT2D eigenvalue weighted by molar-refractivity contribution is -0.278. The predicted molar refractivity (Wildman–Crippen MR) is 274 cm³/mol. The third-order valence-corrected chi connectivity index (χ3v) is 14.0. The molecule has 11 atom stereocenters. The Hall–Kier alpha value is -1.34. The topological polar surface area (TPSA) is 467 Å². The quantitative estimate of drug-likeness (QED) is 0.0120. The maximum Gasteiger partial charge on any atom is 0.472 e. The van der Waals surface area contributed by atoms with E-state index in [0.29, 0.717) is 19.3 Å². The number of phosphoric acid groups is 4. The summed E-state index contributed by atoms with van der Waals surface area (Å²) in [6.07, 6.45) is 17.2. The summed E-state index contributed by atoms with van der Waals surface area (Å²) in [5.74, 6) is -1.45. The van der Waals surface area contributed by atoms with Crippen LogP contribution in [0, 0.1) is 0 Å². The molecule has 1 fully saturated rings. The summed E-state index contributed by atoms with van der Waals surface area (Å²) in [4.78, 5) is 99.0. The van der Waals surface area contributed by atoms with Crippen molar-refractivity contribution in [2.45, 2.75) is 236 Å². The number of unbranched alkanes of at least 4 members (excludes halogenated alkanes) is 22. The molecule has 0 spiro atoms. The summed E-state index contributed by atoms with van der Waals surface area (Å²) in [5.41, 5.74) is 0. The summed E-state index contributed by atoms with van der Waals surface area (Å²) >= 11 is 0. The van der Waals surface area contributed by atoms with Gasteiger partial charge in [-0.15, -0.1) is 0 Å². The Morgan fingerprint density at radius 1 is 0.459 bits per heavy atom. The normalized spacial score (nSPS) is 22.5. The molecule has 1 rings (SSSR count). The molecule has 1 saturated carbocycles. The third kappa shape index (κ3) is 40.8. The molecule has 0 aliphatic heterocycles. The molecule has 25 nitrogen and oxygen atoms in total. The van der Waals surface area contributed by atoms with Gasteiger partial charge in [0.15, 0.2) is 6.10 Å². The fourth-order valence-electron chi connectivity index (χ4n) is 7.76. The lowest BCUT2D eigenvalue weighted by atomic mass is 9.85. The third-order valence-electron chi connectivity index (χ3n) is 11.5. The van der Waals surface area contributed by atoms with Crippen molar-refractivity contribution >= 4 is 43.2 Å². The Morgan fingerprint density at radius 2 is 0.784 bits per heavy atom. The average molecular weight is 1150 g/mol. The number of phosphoric ester groups is 4. The standard InChI is InChI=1S/C45H86O22P4.3H3N/c1-3-5-7-9-11-13-15-17-19-21-23-25-27-29-31-33-38(46)61-35-37(63-39(47)34-32-30-28-26-24-22-20-18-16-14-12-10-8-6-4-2)36-62-71(59,60)67-42-40(48)43(64-68(50,51)52)45(66-70(56,57)58)44(41(42)49)65-69(53,54)55;;;/h17-20,37,40-45,48-49H,3-16,21-36H2,1-2H3,(H,59,60)(H2,50,51,52)(H2,53,54,55)(H2,56,57,58);3*1H3/b19-17-,20-18-;;;/t37-,40+,41+,42?,43-,44+,45?;;;/m1.../s1. The molecule has 74 heavy (non-hydrogen) atoms. The van der Waals surface area contributed by atoms with Crippen LogP contribution in [0.1, 0.15) is 194 Å². The van der Waals surface area contributed by atoms with E-state index in [1.807, 2.05) is 0 Å². The zero-order valence-electron chi connectivity index (χ0n) is 44.6. The molecule has 0 heterocycles. The van der Waals surface area contributed by atoms with Crippen LogP contribution in [-0.2, 0) is 59.9 Å². The van der Waals surface area contributed by atoms with E-state index in [9.17, 15) is 72.3 Å². The average Bonchev–Trinajstić information content (AvgIpc) is 3.27. The van der Waals surface area contributed by atoms with Crippen molar-refractivity contribution in [2.75, 3.05) is 13.2 Å². The molecular formula is C45H95N3O22P4. The van der Waals surface area contributed by atoms with E-state index in [2.05, 4.69) is 51.7 Å². The van der Waals surface area contributed by atoms with Crippen LogP contribution in [0.5, 0.6) is 0 Å². The molecule has 18 N–H and O–H groups in total. The highest BCUT2D eigenvalue weighted by Crippen LogP contribution is 2.52. The molecule has 0 aromatic heterocycles. The monoisotopic (exact) mass is 1150 g/mol. The molecule has 0 aromatic carbocycles. The van der Waals surface area contributed by atoms with E-state index in [-0.39, 0.29) is 31.3 Å². The number of allylic oxidation sites excluding steroid dienone is 4. The fraction of sp³-hybridized carbons (Fsp3) is 0.867. The second-order valence-electron chi connectivity index (χ2n) is 17.9. The summed E-state index contributed by atoms with van der Waals surface area (Å²) in [5, 5.41) is 21.7. The minimum absolute atomic E-state index is 0. The highest BCUT2D eigenvalue weighted by Gasteiger charge is 2.57. The van der Waals surface area contributed by atoms with Gasteiger partial charge in [0.2, 0.25) is 0 Å². The Balaban J connectivity index is -0.0000168. The van der Waals surface area contributed by atoms with Gasteiger partial charge in [-0.05, 0) is 64.2 Å². The van der Waals surface area contributed by atoms with Crippen molar-refractivity contribution in [3.8, 4) is 0 Å². The number of aliphatic hydroxyl groups excluding tert-OH is 2. The predicted octanol–water partition coefficient (Wildman–Crippen LogP) is 8.42. The van der Waals surface area contributed by atoms with E-state index in [1.165, 1.54) is 77.0 Å². The maximum atomic E-state index is 13.2. The molecular weight excluding hydrogens is 1060 g/mol. The fourth-order valence-corrected chi connectivity index (χ4v) is 10.4. The van der Waals surface area contributed by atoms with Crippen LogP contribution in [0.2, 0.25) is 0 Å². The van der Waals surface area contributed by atoms with Gasteiger partial charge in [0, 0.05) is 12.8 Å². The Morgan fingerprint density at radius 3 is 1.15 bits per heavy atom. The van der Waals surface area contributed by atoms with Gasteiger partial charge in [-0.2, -0.15) is 0 Å². The number of esters is 2. The van der Waals surface area contributed by atoms with Crippen LogP contribution in [0.3, 0.4) is 0 Å². The number of hydrogen-bond donors (Lipinski definition) is 9. The van der Waals surface area contributed by atoms with Gasteiger partial charge in [-0.25, -0.2) is 4.57 Å². The minimum Gasteiger partial charge on any atom is -0.756 e. The molecule has 6 unspecified atom stereocenters. The minimum atomic E-state index is -6.08. The Kier molecular flexibility index (Phi) is 45.2. The zero-order valence-corrected chi connectivity index (χ0v) is 48.1. The lowest BCUT2D eigenvalue weighted by Crippen LogP contribution is -2.66. The van der Waals surface area contributed by atoms with E-state index < -0.39 is 99.2 Å². The van der Waals surface area contributed by atoms with Gasteiger partial charge < -0.3 is 86.0 Å². The van der Waals surface area contributed by atoms with Gasteiger partial charge in [-0.1, -0.05) is 141 Å². The second kappa shape index (κ2) is 43.5. The molecule has 0 radical (unpaired) electrons. The van der Waals surface area contributed by atoms with E-state index in [1.54, 1.807) is 0 Å². The van der Waals surface area contributed by atoms with Crippen molar-refractivity contribution in [1.29, 1.82) is 0 Å². The van der Waals surface area contributed by atoms with Gasteiger partial charge in [0.1, 0.15) is 43.2 Å². The first-order chi connectivity index (χ1) is 33.5. The zero-order chi connectivity index (χ0) is 53.2. The van der Waals surface area contributed by atoms with Crippen molar-refractivity contribution in [1.82, 2.24) is 18.5 Å². The van der Waals surface area contributed by atoms with Crippen LogP contribution >= 0.6 is 31.3 Å².